The minimum absolute atomic E-state index is 0.0272. The Labute approximate surface area is 114 Å². The first-order valence-corrected chi connectivity index (χ1v) is 6.05. The average molecular weight is 289 g/mol. The third kappa shape index (κ3) is 4.86. The van der Waals surface area contributed by atoms with Gasteiger partial charge in [0.2, 0.25) is 0 Å². The maximum absolute atomic E-state index is 12.6. The van der Waals surface area contributed by atoms with Gasteiger partial charge in [-0.2, -0.15) is 18.3 Å². The van der Waals surface area contributed by atoms with Crippen LogP contribution < -0.4 is 11.2 Å². The molecule has 3 nitrogen and oxygen atoms in total. The van der Waals surface area contributed by atoms with E-state index in [1.165, 1.54) is 6.07 Å². The van der Waals surface area contributed by atoms with Crippen molar-refractivity contribution in [1.29, 1.82) is 0 Å². The van der Waals surface area contributed by atoms with Gasteiger partial charge in [-0.1, -0.05) is 25.5 Å². The Hall–Kier alpha value is -1.63. The quantitative estimate of drug-likeness (QED) is 0.509. The fourth-order valence-corrected chi connectivity index (χ4v) is 1.54. The highest BCUT2D eigenvalue weighted by molar-refractivity contribution is 7.80. The first-order chi connectivity index (χ1) is 8.84. The molecule has 19 heavy (non-hydrogen) atoms. The van der Waals surface area contributed by atoms with Gasteiger partial charge in [-0.05, 0) is 36.3 Å². The standard InChI is InChI=1S/C12H14F3N3S/c1-2-4-10(17-18-11(16)19)8-5-3-6-9(7-8)12(13,14)15/h3,5-7H,2,4H2,1H3,(H3,16,18,19). The number of hydrogen-bond donors (Lipinski definition) is 2. The summed E-state index contributed by atoms with van der Waals surface area (Å²) in [5, 5.41) is 3.91. The zero-order valence-corrected chi connectivity index (χ0v) is 11.1. The maximum Gasteiger partial charge on any atom is 0.416 e. The second kappa shape index (κ2) is 6.51. The highest BCUT2D eigenvalue weighted by Gasteiger charge is 2.30. The number of rotatable bonds is 4. The number of benzene rings is 1. The number of hydrazone groups is 1. The Kier molecular flexibility index (Phi) is 5.29. The lowest BCUT2D eigenvalue weighted by Crippen LogP contribution is -2.25. The maximum atomic E-state index is 12.6. The summed E-state index contributed by atoms with van der Waals surface area (Å²) < 4.78 is 37.9. The normalized spacial score (nSPS) is 12.3. The highest BCUT2D eigenvalue weighted by Crippen LogP contribution is 2.29. The van der Waals surface area contributed by atoms with E-state index < -0.39 is 11.7 Å². The van der Waals surface area contributed by atoms with Crippen molar-refractivity contribution in [3.63, 3.8) is 0 Å². The van der Waals surface area contributed by atoms with Crippen molar-refractivity contribution in [3.05, 3.63) is 35.4 Å². The van der Waals surface area contributed by atoms with Gasteiger partial charge in [-0.25, -0.2) is 0 Å². The molecule has 0 spiro atoms. The summed E-state index contributed by atoms with van der Waals surface area (Å²) in [4.78, 5) is 0. The van der Waals surface area contributed by atoms with Crippen LogP contribution in [0.25, 0.3) is 0 Å². The second-order valence-corrected chi connectivity index (χ2v) is 4.30. The predicted molar refractivity (Wildman–Crippen MR) is 72.8 cm³/mol. The Morgan fingerprint density at radius 2 is 2.11 bits per heavy atom. The zero-order chi connectivity index (χ0) is 14.5. The fraction of sp³-hybridized carbons (Fsp3) is 0.333. The monoisotopic (exact) mass is 289 g/mol. The third-order valence-electron chi connectivity index (χ3n) is 2.31. The van der Waals surface area contributed by atoms with E-state index in [9.17, 15) is 13.2 Å². The first kappa shape index (κ1) is 15.4. The minimum Gasteiger partial charge on any atom is -0.375 e. The van der Waals surface area contributed by atoms with Gasteiger partial charge in [0.1, 0.15) is 0 Å². The molecule has 0 heterocycles. The van der Waals surface area contributed by atoms with Crippen LogP contribution in [0.5, 0.6) is 0 Å². The number of nitrogens with two attached hydrogens (primary N) is 1. The van der Waals surface area contributed by atoms with E-state index in [2.05, 4.69) is 22.7 Å². The van der Waals surface area contributed by atoms with Crippen molar-refractivity contribution in [2.24, 2.45) is 10.8 Å². The van der Waals surface area contributed by atoms with Gasteiger partial charge in [0.15, 0.2) is 5.11 Å². The van der Waals surface area contributed by atoms with Crippen molar-refractivity contribution < 1.29 is 13.2 Å². The van der Waals surface area contributed by atoms with Crippen molar-refractivity contribution in [1.82, 2.24) is 5.43 Å². The topological polar surface area (TPSA) is 50.4 Å². The lowest BCUT2D eigenvalue weighted by atomic mass is 10.0. The average Bonchev–Trinajstić information content (AvgIpc) is 2.33. The molecule has 0 aliphatic rings. The summed E-state index contributed by atoms with van der Waals surface area (Å²) in [5.41, 5.74) is 7.84. The minimum atomic E-state index is -4.37. The Balaban J connectivity index is 3.09. The van der Waals surface area contributed by atoms with Crippen molar-refractivity contribution >= 4 is 23.0 Å². The molecule has 0 fully saturated rings. The third-order valence-corrected chi connectivity index (χ3v) is 2.40. The molecule has 3 N–H and O–H groups in total. The molecular weight excluding hydrogens is 275 g/mol. The van der Waals surface area contributed by atoms with Gasteiger partial charge in [0.25, 0.3) is 0 Å². The summed E-state index contributed by atoms with van der Waals surface area (Å²) in [6.45, 7) is 1.91. The van der Waals surface area contributed by atoms with E-state index in [1.807, 2.05) is 6.92 Å². The molecule has 0 radical (unpaired) electrons. The molecular formula is C12H14F3N3S. The molecule has 0 saturated heterocycles. The molecule has 0 atom stereocenters. The second-order valence-electron chi connectivity index (χ2n) is 3.86. The molecule has 0 amide bonds. The number of thiocarbonyl (C=S) groups is 1. The van der Waals surface area contributed by atoms with Gasteiger partial charge in [-0.3, -0.25) is 5.43 Å². The van der Waals surface area contributed by atoms with Crippen LogP contribution >= 0.6 is 12.2 Å². The van der Waals surface area contributed by atoms with Crippen LogP contribution in [-0.4, -0.2) is 10.8 Å². The Morgan fingerprint density at radius 1 is 1.42 bits per heavy atom. The molecule has 1 rings (SSSR count). The van der Waals surface area contributed by atoms with Crippen LogP contribution in [0.2, 0.25) is 0 Å². The summed E-state index contributed by atoms with van der Waals surface area (Å²) in [7, 11) is 0. The summed E-state index contributed by atoms with van der Waals surface area (Å²) in [5.74, 6) is 0. The van der Waals surface area contributed by atoms with Gasteiger partial charge in [0.05, 0.1) is 11.3 Å². The first-order valence-electron chi connectivity index (χ1n) is 5.64. The molecule has 104 valence electrons. The Bertz CT molecular complexity index is 483. The molecule has 0 aromatic heterocycles. The van der Waals surface area contributed by atoms with Gasteiger partial charge >= 0.3 is 6.18 Å². The molecule has 0 saturated carbocycles. The molecule has 0 aliphatic carbocycles. The van der Waals surface area contributed by atoms with Crippen LogP contribution in [-0.2, 0) is 6.18 Å². The van der Waals surface area contributed by atoms with E-state index >= 15 is 0 Å². The largest absolute Gasteiger partial charge is 0.416 e. The zero-order valence-electron chi connectivity index (χ0n) is 10.3. The number of hydrogen-bond acceptors (Lipinski definition) is 2. The van der Waals surface area contributed by atoms with Gasteiger partial charge < -0.3 is 5.73 Å². The van der Waals surface area contributed by atoms with Crippen LogP contribution in [0.15, 0.2) is 29.4 Å². The lowest BCUT2D eigenvalue weighted by Gasteiger charge is -2.10. The summed E-state index contributed by atoms with van der Waals surface area (Å²) >= 11 is 4.61. The molecule has 1 aromatic carbocycles. The van der Waals surface area contributed by atoms with E-state index in [0.29, 0.717) is 17.7 Å². The molecule has 7 heteroatoms. The lowest BCUT2D eigenvalue weighted by molar-refractivity contribution is -0.137. The highest BCUT2D eigenvalue weighted by atomic mass is 32.1. The number of halogens is 3. The SMILES string of the molecule is CCCC(=NNC(N)=S)c1cccc(C(F)(F)F)c1. The van der Waals surface area contributed by atoms with Crippen LogP contribution in [0.1, 0.15) is 30.9 Å². The van der Waals surface area contributed by atoms with Gasteiger partial charge in [0, 0.05) is 0 Å². The number of alkyl halides is 3. The van der Waals surface area contributed by atoms with E-state index in [4.69, 9.17) is 5.73 Å². The summed E-state index contributed by atoms with van der Waals surface area (Å²) in [6.07, 6.45) is -3.10. The van der Waals surface area contributed by atoms with Crippen LogP contribution in [0.3, 0.4) is 0 Å². The van der Waals surface area contributed by atoms with Crippen molar-refractivity contribution in [3.8, 4) is 0 Å². The van der Waals surface area contributed by atoms with Crippen molar-refractivity contribution in [2.75, 3.05) is 0 Å². The Morgan fingerprint density at radius 3 is 2.63 bits per heavy atom. The van der Waals surface area contributed by atoms with E-state index in [-0.39, 0.29) is 5.11 Å². The van der Waals surface area contributed by atoms with Crippen LogP contribution in [0.4, 0.5) is 13.2 Å². The van der Waals surface area contributed by atoms with Crippen LogP contribution in [0, 0.1) is 0 Å². The predicted octanol–water partition coefficient (Wildman–Crippen LogP) is 3.04. The van der Waals surface area contributed by atoms with E-state index in [1.54, 1.807) is 6.07 Å². The summed E-state index contributed by atoms with van der Waals surface area (Å²) in [6, 6.07) is 5.01. The molecule has 1 aromatic rings. The van der Waals surface area contributed by atoms with Gasteiger partial charge in [-0.15, -0.1) is 0 Å². The van der Waals surface area contributed by atoms with Crippen molar-refractivity contribution in [2.45, 2.75) is 25.9 Å². The molecule has 0 aliphatic heterocycles. The smallest absolute Gasteiger partial charge is 0.375 e. The number of nitrogens with one attached hydrogen (secondary N) is 1. The number of nitrogens with zero attached hydrogens (tertiary/aromatic N) is 1. The fourth-order valence-electron chi connectivity index (χ4n) is 1.50. The molecule has 0 bridgehead atoms. The molecule has 0 unspecified atom stereocenters. The van der Waals surface area contributed by atoms with E-state index in [0.717, 1.165) is 18.6 Å².